The molecule has 3 heterocycles. The molecule has 0 aliphatic heterocycles. The summed E-state index contributed by atoms with van der Waals surface area (Å²) in [5.41, 5.74) is 3.26. The number of thiophene rings is 1. The molecule has 0 N–H and O–H groups in total. The number of hydrogen-bond acceptors (Lipinski definition) is 5. The molecule has 3 aromatic heterocycles. The maximum atomic E-state index is 6.56. The van der Waals surface area contributed by atoms with Gasteiger partial charge in [0.05, 0.1) is 24.0 Å². The molecule has 0 aliphatic carbocycles. The van der Waals surface area contributed by atoms with Crippen molar-refractivity contribution in [3.63, 3.8) is 0 Å². The highest BCUT2D eigenvalue weighted by molar-refractivity contribution is 7.10. The lowest BCUT2D eigenvalue weighted by molar-refractivity contribution is 0.0667. The first-order chi connectivity index (χ1) is 15.2. The van der Waals surface area contributed by atoms with Crippen LogP contribution in [0.15, 0.2) is 78.3 Å². The monoisotopic (exact) mass is 466 g/mol. The van der Waals surface area contributed by atoms with Crippen LogP contribution in [-0.2, 0) is 11.3 Å². The number of halogens is 2. The predicted octanol–water partition coefficient (Wildman–Crippen LogP) is 6.49. The molecule has 0 radical (unpaired) electrons. The van der Waals surface area contributed by atoms with Crippen LogP contribution >= 0.6 is 34.5 Å². The van der Waals surface area contributed by atoms with Gasteiger partial charge in [0.25, 0.3) is 0 Å². The van der Waals surface area contributed by atoms with Crippen LogP contribution in [-0.4, -0.2) is 20.0 Å². The summed E-state index contributed by atoms with van der Waals surface area (Å²) in [6, 6.07) is 21.4. The Balaban J connectivity index is 1.42. The smallest absolute Gasteiger partial charge is 0.135 e. The number of ether oxygens (including phenoxy) is 1. The topological polar surface area (TPSA) is 52.8 Å². The molecular weight excluding hydrogens is 451 g/mol. The molecule has 0 saturated heterocycles. The minimum absolute atomic E-state index is 0.277. The molecule has 0 saturated carbocycles. The largest absolute Gasteiger partial charge is 0.361 e. The lowest BCUT2D eigenvalue weighted by atomic mass is 10.1. The Bertz CT molecular complexity index is 1320. The number of nitrogens with zero attached hydrogens (tertiary/aromatic N) is 4. The van der Waals surface area contributed by atoms with E-state index in [-0.39, 0.29) is 12.7 Å². The van der Waals surface area contributed by atoms with Gasteiger partial charge in [0.1, 0.15) is 17.0 Å². The Morgan fingerprint density at radius 2 is 1.84 bits per heavy atom. The van der Waals surface area contributed by atoms with E-state index in [1.54, 1.807) is 16.0 Å². The lowest BCUT2D eigenvalue weighted by Crippen LogP contribution is -2.07. The van der Waals surface area contributed by atoms with Crippen molar-refractivity contribution < 1.29 is 4.74 Å². The van der Waals surface area contributed by atoms with Crippen molar-refractivity contribution >= 4 is 45.4 Å². The van der Waals surface area contributed by atoms with Crippen LogP contribution in [0.3, 0.4) is 0 Å². The standard InChI is InChI=1S/C23H16Cl2N4OS/c24-16-7-9-18(10-8-16)29-13-17(27-28-29)14-30-22(21-6-3-11-31-21)19-12-15-4-1-2-5-20(15)26-23(19)25/h1-13,22H,14H2. The second-order valence-electron chi connectivity index (χ2n) is 6.90. The zero-order valence-corrected chi connectivity index (χ0v) is 18.5. The highest BCUT2D eigenvalue weighted by Crippen LogP contribution is 2.35. The van der Waals surface area contributed by atoms with E-state index in [0.717, 1.165) is 27.0 Å². The van der Waals surface area contributed by atoms with E-state index in [2.05, 4.69) is 15.3 Å². The Labute approximate surface area is 192 Å². The van der Waals surface area contributed by atoms with Crippen molar-refractivity contribution in [3.05, 3.63) is 105 Å². The summed E-state index contributed by atoms with van der Waals surface area (Å²) in [7, 11) is 0. The van der Waals surface area contributed by atoms with Crippen LogP contribution in [0.5, 0.6) is 0 Å². The van der Waals surface area contributed by atoms with Crippen molar-refractivity contribution in [1.82, 2.24) is 20.0 Å². The number of benzene rings is 2. The van der Waals surface area contributed by atoms with Gasteiger partial charge in [-0.15, -0.1) is 16.4 Å². The van der Waals surface area contributed by atoms with Crippen LogP contribution in [0.4, 0.5) is 0 Å². The zero-order valence-electron chi connectivity index (χ0n) is 16.2. The van der Waals surface area contributed by atoms with Gasteiger partial charge in [-0.05, 0) is 47.8 Å². The molecule has 5 aromatic rings. The Morgan fingerprint density at radius 1 is 1.00 bits per heavy atom. The molecule has 31 heavy (non-hydrogen) atoms. The highest BCUT2D eigenvalue weighted by atomic mass is 35.5. The van der Waals surface area contributed by atoms with Crippen LogP contribution in [0.1, 0.15) is 22.2 Å². The fourth-order valence-electron chi connectivity index (χ4n) is 3.31. The van der Waals surface area contributed by atoms with Gasteiger partial charge in [-0.1, -0.05) is 52.7 Å². The van der Waals surface area contributed by atoms with E-state index in [0.29, 0.717) is 15.9 Å². The van der Waals surface area contributed by atoms with Gasteiger partial charge in [0.15, 0.2) is 0 Å². The fourth-order valence-corrected chi connectivity index (χ4v) is 4.47. The first-order valence-corrected chi connectivity index (χ1v) is 11.2. The van der Waals surface area contributed by atoms with Crippen molar-refractivity contribution in [1.29, 1.82) is 0 Å². The van der Waals surface area contributed by atoms with Crippen molar-refractivity contribution in [3.8, 4) is 5.69 Å². The number of rotatable bonds is 6. The fraction of sp³-hybridized carbons (Fsp3) is 0.0870. The SMILES string of the molecule is Clc1ccc(-n2cc(COC(c3cccs3)c3cc4ccccc4nc3Cl)nn2)cc1. The normalized spacial score (nSPS) is 12.3. The average molecular weight is 467 g/mol. The Hall–Kier alpha value is -2.77. The van der Waals surface area contributed by atoms with Gasteiger partial charge >= 0.3 is 0 Å². The molecule has 1 atom stereocenters. The molecule has 0 aliphatic rings. The first kappa shape index (κ1) is 20.2. The van der Waals surface area contributed by atoms with E-state index in [9.17, 15) is 0 Å². The predicted molar refractivity (Wildman–Crippen MR) is 124 cm³/mol. The molecule has 0 fully saturated rings. The second-order valence-corrected chi connectivity index (χ2v) is 8.67. The minimum atomic E-state index is -0.356. The van der Waals surface area contributed by atoms with Crippen molar-refractivity contribution in [2.45, 2.75) is 12.7 Å². The maximum Gasteiger partial charge on any atom is 0.135 e. The zero-order chi connectivity index (χ0) is 21.2. The molecule has 2 aromatic carbocycles. The van der Waals surface area contributed by atoms with Gasteiger partial charge in [-0.3, -0.25) is 0 Å². The van der Waals surface area contributed by atoms with Gasteiger partial charge in [-0.2, -0.15) is 0 Å². The summed E-state index contributed by atoms with van der Waals surface area (Å²) in [4.78, 5) is 5.60. The van der Waals surface area contributed by atoms with Crippen molar-refractivity contribution in [2.24, 2.45) is 0 Å². The van der Waals surface area contributed by atoms with Crippen LogP contribution in [0.2, 0.25) is 10.2 Å². The summed E-state index contributed by atoms with van der Waals surface area (Å²) in [5.74, 6) is 0. The summed E-state index contributed by atoms with van der Waals surface area (Å²) < 4.78 is 8.00. The van der Waals surface area contributed by atoms with E-state index < -0.39 is 0 Å². The van der Waals surface area contributed by atoms with E-state index in [1.165, 1.54) is 0 Å². The maximum absolute atomic E-state index is 6.56. The quantitative estimate of drug-likeness (QED) is 0.268. The third-order valence-electron chi connectivity index (χ3n) is 4.82. The van der Waals surface area contributed by atoms with Gasteiger partial charge in [0.2, 0.25) is 0 Å². The molecular formula is C23H16Cl2N4OS. The molecule has 5 nitrogen and oxygen atoms in total. The number of para-hydroxylation sites is 1. The number of pyridine rings is 1. The van der Waals surface area contributed by atoms with Crippen LogP contribution in [0, 0.1) is 0 Å². The molecule has 8 heteroatoms. The molecule has 0 spiro atoms. The molecule has 0 amide bonds. The number of hydrogen-bond donors (Lipinski definition) is 0. The van der Waals surface area contributed by atoms with E-state index >= 15 is 0 Å². The molecule has 5 rings (SSSR count). The summed E-state index contributed by atoms with van der Waals surface area (Å²) >= 11 is 14.1. The van der Waals surface area contributed by atoms with Gasteiger partial charge < -0.3 is 4.74 Å². The molecule has 1 unspecified atom stereocenters. The molecule has 0 bridgehead atoms. The number of fused-ring (bicyclic) bond motifs is 1. The van der Waals surface area contributed by atoms with E-state index in [1.807, 2.05) is 78.3 Å². The second kappa shape index (κ2) is 8.77. The minimum Gasteiger partial charge on any atom is -0.361 e. The van der Waals surface area contributed by atoms with Gasteiger partial charge in [-0.25, -0.2) is 9.67 Å². The number of aromatic nitrogens is 4. The first-order valence-electron chi connectivity index (χ1n) is 9.55. The Morgan fingerprint density at radius 3 is 2.65 bits per heavy atom. The highest BCUT2D eigenvalue weighted by Gasteiger charge is 2.21. The van der Waals surface area contributed by atoms with Crippen LogP contribution in [0.25, 0.3) is 16.6 Å². The summed E-state index contributed by atoms with van der Waals surface area (Å²) in [6.45, 7) is 0.277. The average Bonchev–Trinajstić information content (AvgIpc) is 3.47. The van der Waals surface area contributed by atoms with E-state index in [4.69, 9.17) is 27.9 Å². The third-order valence-corrected chi connectivity index (χ3v) is 6.29. The summed E-state index contributed by atoms with van der Waals surface area (Å²) in [6.07, 6.45) is 1.49. The van der Waals surface area contributed by atoms with Crippen LogP contribution < -0.4 is 0 Å². The molecule has 154 valence electrons. The van der Waals surface area contributed by atoms with Gasteiger partial charge in [0, 0.05) is 20.8 Å². The Kier molecular flexibility index (Phi) is 5.70. The lowest BCUT2D eigenvalue weighted by Gasteiger charge is -2.18. The van der Waals surface area contributed by atoms with Crippen molar-refractivity contribution in [2.75, 3.05) is 0 Å². The summed E-state index contributed by atoms with van der Waals surface area (Å²) in [5, 5.41) is 12.6. The third kappa shape index (κ3) is 4.34.